The Morgan fingerprint density at radius 1 is 0.872 bits per heavy atom. The molecular formula is C30H30N4O5. The Bertz CT molecular complexity index is 1400. The van der Waals surface area contributed by atoms with E-state index in [-0.39, 0.29) is 17.9 Å². The lowest BCUT2D eigenvalue weighted by molar-refractivity contribution is -0.142. The normalized spacial score (nSPS) is 16.7. The number of methoxy groups -OCH3 is 1. The lowest BCUT2D eigenvalue weighted by Gasteiger charge is -2.28. The monoisotopic (exact) mass is 526 g/mol. The summed E-state index contributed by atoms with van der Waals surface area (Å²) in [6.07, 6.45) is 4.58. The molecule has 39 heavy (non-hydrogen) atoms. The second-order valence-electron chi connectivity index (χ2n) is 9.55. The van der Waals surface area contributed by atoms with E-state index in [2.05, 4.69) is 20.8 Å². The number of ether oxygens (including phenoxy) is 2. The molecule has 0 radical (unpaired) electrons. The fourth-order valence-electron chi connectivity index (χ4n) is 4.79. The first-order valence-corrected chi connectivity index (χ1v) is 13.0. The predicted octanol–water partition coefficient (Wildman–Crippen LogP) is 6.69. The Labute approximate surface area is 226 Å². The number of esters is 1. The van der Waals surface area contributed by atoms with Crippen LogP contribution >= 0.6 is 0 Å². The average molecular weight is 527 g/mol. The number of rotatable bonds is 9. The van der Waals surface area contributed by atoms with E-state index in [1.54, 1.807) is 6.07 Å². The third kappa shape index (κ3) is 7.01. The van der Waals surface area contributed by atoms with Crippen LogP contribution in [0.15, 0.2) is 83.3 Å². The summed E-state index contributed by atoms with van der Waals surface area (Å²) in [5, 5.41) is 13.6. The molecule has 1 aliphatic carbocycles. The van der Waals surface area contributed by atoms with Crippen LogP contribution in [0.3, 0.4) is 0 Å². The summed E-state index contributed by atoms with van der Waals surface area (Å²) in [5.41, 5.74) is 2.54. The van der Waals surface area contributed by atoms with Crippen molar-refractivity contribution in [2.45, 2.75) is 38.0 Å². The second kappa shape index (κ2) is 12.3. The second-order valence-corrected chi connectivity index (χ2v) is 9.55. The zero-order valence-corrected chi connectivity index (χ0v) is 21.6. The summed E-state index contributed by atoms with van der Waals surface area (Å²) in [6.45, 7) is 0. The number of carbonyl (C=O) groups excluding carboxylic acids is 2. The maximum atomic E-state index is 12.7. The van der Waals surface area contributed by atoms with E-state index in [1.165, 1.54) is 12.7 Å². The van der Waals surface area contributed by atoms with Crippen molar-refractivity contribution in [2.24, 2.45) is 5.92 Å². The fourth-order valence-corrected chi connectivity index (χ4v) is 4.79. The van der Waals surface area contributed by atoms with Crippen LogP contribution in [0.25, 0.3) is 0 Å². The van der Waals surface area contributed by atoms with Gasteiger partial charge in [0.25, 0.3) is 0 Å². The third-order valence-corrected chi connectivity index (χ3v) is 6.85. The van der Waals surface area contributed by atoms with E-state index < -0.39 is 5.91 Å². The molecule has 1 aromatic heterocycles. The van der Waals surface area contributed by atoms with Gasteiger partial charge in [-0.05, 0) is 79.5 Å². The van der Waals surface area contributed by atoms with Crippen molar-refractivity contribution in [3.8, 4) is 11.5 Å². The van der Waals surface area contributed by atoms with Gasteiger partial charge in [-0.15, -0.1) is 5.10 Å². The topological polar surface area (TPSA) is 116 Å². The number of aromatic nitrogens is 2. The highest BCUT2D eigenvalue weighted by Crippen LogP contribution is 2.37. The standard InChI is InChI=1S/C30H30N4O5/c1-37-27(35)18-20-10-12-21(13-11-20)22-14-16-23(17-15-22)31-28(36)29-33-34-30(39-29)32-24-6-5-9-26(19-24)38-25-7-3-2-4-8-25/h2-9,14-17,19-21H,10-13,18H2,1H3,(H,31,36)(H,32,34). The van der Waals surface area contributed by atoms with Crippen molar-refractivity contribution in [2.75, 3.05) is 17.7 Å². The van der Waals surface area contributed by atoms with E-state index in [4.69, 9.17) is 13.9 Å². The van der Waals surface area contributed by atoms with Crippen LogP contribution in [0, 0.1) is 5.92 Å². The Kier molecular flexibility index (Phi) is 8.16. The van der Waals surface area contributed by atoms with E-state index >= 15 is 0 Å². The molecule has 1 aliphatic rings. The Morgan fingerprint density at radius 3 is 2.36 bits per heavy atom. The zero-order chi connectivity index (χ0) is 27.0. The molecule has 4 aromatic rings. The van der Waals surface area contributed by atoms with Gasteiger partial charge in [-0.2, -0.15) is 0 Å². The molecule has 3 aromatic carbocycles. The van der Waals surface area contributed by atoms with Gasteiger partial charge in [0.05, 0.1) is 7.11 Å². The molecule has 2 N–H and O–H groups in total. The molecule has 9 nitrogen and oxygen atoms in total. The molecule has 0 spiro atoms. The molecule has 0 saturated heterocycles. The van der Waals surface area contributed by atoms with Crippen molar-refractivity contribution in [3.63, 3.8) is 0 Å². The average Bonchev–Trinajstić information content (AvgIpc) is 3.43. The fraction of sp³-hybridized carbons (Fsp3) is 0.267. The summed E-state index contributed by atoms with van der Waals surface area (Å²) in [6, 6.07) is 24.7. The van der Waals surface area contributed by atoms with Crippen LogP contribution in [-0.4, -0.2) is 29.2 Å². The highest BCUT2D eigenvalue weighted by Gasteiger charge is 2.24. The molecule has 1 fully saturated rings. The van der Waals surface area contributed by atoms with Crippen LogP contribution in [0.2, 0.25) is 0 Å². The lowest BCUT2D eigenvalue weighted by Crippen LogP contribution is -2.17. The zero-order valence-electron chi connectivity index (χ0n) is 21.6. The Hall–Kier alpha value is -4.66. The van der Waals surface area contributed by atoms with Crippen LogP contribution < -0.4 is 15.4 Å². The van der Waals surface area contributed by atoms with Gasteiger partial charge in [-0.3, -0.25) is 9.59 Å². The molecule has 1 saturated carbocycles. The number of amides is 1. The molecule has 0 atom stereocenters. The number of carbonyl (C=O) groups is 2. The van der Waals surface area contributed by atoms with Gasteiger partial charge in [0.2, 0.25) is 0 Å². The molecule has 0 aliphatic heterocycles. The minimum absolute atomic E-state index is 0.0927. The largest absolute Gasteiger partial charge is 0.469 e. The summed E-state index contributed by atoms with van der Waals surface area (Å²) < 4.78 is 16.2. The van der Waals surface area contributed by atoms with Crippen molar-refractivity contribution >= 4 is 29.3 Å². The third-order valence-electron chi connectivity index (χ3n) is 6.85. The number of hydrogen-bond donors (Lipinski definition) is 2. The highest BCUT2D eigenvalue weighted by atomic mass is 16.5. The smallest absolute Gasteiger partial charge is 0.320 e. The molecule has 1 amide bonds. The predicted molar refractivity (Wildman–Crippen MR) is 146 cm³/mol. The van der Waals surface area contributed by atoms with Crippen LogP contribution in [0.4, 0.5) is 17.4 Å². The molecular weight excluding hydrogens is 496 g/mol. The first-order valence-electron chi connectivity index (χ1n) is 13.0. The number of hydrogen-bond acceptors (Lipinski definition) is 8. The number of nitrogens with one attached hydrogen (secondary N) is 2. The van der Waals surface area contributed by atoms with Crippen molar-refractivity contribution in [1.29, 1.82) is 0 Å². The van der Waals surface area contributed by atoms with Crippen LogP contribution in [0.1, 0.15) is 54.3 Å². The molecule has 9 heteroatoms. The van der Waals surface area contributed by atoms with Crippen LogP contribution in [-0.2, 0) is 9.53 Å². The summed E-state index contributed by atoms with van der Waals surface area (Å²) in [7, 11) is 1.44. The number of benzene rings is 3. The van der Waals surface area contributed by atoms with Gasteiger partial charge in [-0.1, -0.05) is 41.5 Å². The number of nitrogens with zero attached hydrogens (tertiary/aromatic N) is 2. The van der Waals surface area contributed by atoms with Crippen molar-refractivity contribution in [1.82, 2.24) is 10.2 Å². The van der Waals surface area contributed by atoms with E-state index in [1.807, 2.05) is 72.8 Å². The van der Waals surface area contributed by atoms with Gasteiger partial charge in [-0.25, -0.2) is 0 Å². The number of para-hydroxylation sites is 1. The van der Waals surface area contributed by atoms with E-state index in [0.29, 0.717) is 35.4 Å². The summed E-state index contributed by atoms with van der Waals surface area (Å²) in [4.78, 5) is 24.2. The van der Waals surface area contributed by atoms with Gasteiger partial charge in [0, 0.05) is 23.9 Å². The maximum absolute atomic E-state index is 12.7. The maximum Gasteiger partial charge on any atom is 0.320 e. The van der Waals surface area contributed by atoms with Crippen molar-refractivity contribution < 1.29 is 23.5 Å². The number of anilines is 3. The Balaban J connectivity index is 1.13. The van der Waals surface area contributed by atoms with Crippen LogP contribution in [0.5, 0.6) is 11.5 Å². The lowest BCUT2D eigenvalue weighted by atomic mass is 9.77. The van der Waals surface area contributed by atoms with Gasteiger partial charge >= 0.3 is 23.8 Å². The first kappa shape index (κ1) is 26.0. The highest BCUT2D eigenvalue weighted by molar-refractivity contribution is 6.00. The minimum atomic E-state index is -0.493. The van der Waals surface area contributed by atoms with Gasteiger partial charge in [0.1, 0.15) is 11.5 Å². The summed E-state index contributed by atoms with van der Waals surface area (Å²) in [5.74, 6) is 1.43. The van der Waals surface area contributed by atoms with E-state index in [0.717, 1.165) is 31.4 Å². The Morgan fingerprint density at radius 2 is 1.62 bits per heavy atom. The van der Waals surface area contributed by atoms with E-state index in [9.17, 15) is 9.59 Å². The summed E-state index contributed by atoms with van der Waals surface area (Å²) >= 11 is 0. The first-order chi connectivity index (χ1) is 19.1. The quantitative estimate of drug-likeness (QED) is 0.232. The van der Waals surface area contributed by atoms with Gasteiger partial charge < -0.3 is 24.5 Å². The molecule has 0 unspecified atom stereocenters. The van der Waals surface area contributed by atoms with Crippen molar-refractivity contribution in [3.05, 3.63) is 90.3 Å². The minimum Gasteiger partial charge on any atom is -0.469 e. The molecule has 200 valence electrons. The van der Waals surface area contributed by atoms with Gasteiger partial charge in [0.15, 0.2) is 0 Å². The molecule has 5 rings (SSSR count). The molecule has 1 heterocycles. The SMILES string of the molecule is COC(=O)CC1CCC(c2ccc(NC(=O)c3nnc(Nc4cccc(Oc5ccccc5)c4)o3)cc2)CC1. The molecule has 0 bridgehead atoms.